The third-order valence-corrected chi connectivity index (χ3v) is 3.21. The van der Waals surface area contributed by atoms with Crippen LogP contribution >= 0.6 is 11.6 Å². The van der Waals surface area contributed by atoms with E-state index in [0.717, 1.165) is 6.20 Å². The Morgan fingerprint density at radius 1 is 1.21 bits per heavy atom. The fourth-order valence-corrected chi connectivity index (χ4v) is 1.98. The predicted molar refractivity (Wildman–Crippen MR) is 65.6 cm³/mol. The van der Waals surface area contributed by atoms with Crippen molar-refractivity contribution in [1.29, 1.82) is 0 Å². The highest BCUT2D eigenvalue weighted by Crippen LogP contribution is 2.32. The van der Waals surface area contributed by atoms with Gasteiger partial charge >= 0.3 is 6.18 Å². The van der Waals surface area contributed by atoms with Gasteiger partial charge in [-0.1, -0.05) is 11.6 Å². The molecule has 2 aromatic rings. The van der Waals surface area contributed by atoms with Gasteiger partial charge in [-0.3, -0.25) is 0 Å². The molecule has 0 aliphatic carbocycles. The molecule has 0 bridgehead atoms. The average molecular weight is 290 g/mol. The van der Waals surface area contributed by atoms with Gasteiger partial charge in [-0.25, -0.2) is 9.67 Å². The molecule has 19 heavy (non-hydrogen) atoms. The van der Waals surface area contributed by atoms with Crippen LogP contribution in [0.2, 0.25) is 5.02 Å². The van der Waals surface area contributed by atoms with Crippen molar-refractivity contribution >= 4 is 11.6 Å². The fourth-order valence-electron chi connectivity index (χ4n) is 1.78. The number of hydrogen-bond donors (Lipinski definition) is 0. The number of nitrogens with zero attached hydrogens (tertiary/aromatic N) is 3. The molecular weight excluding hydrogens is 279 g/mol. The van der Waals surface area contributed by atoms with E-state index < -0.39 is 11.7 Å². The van der Waals surface area contributed by atoms with Crippen LogP contribution in [0.5, 0.6) is 0 Å². The Balaban J connectivity index is 2.61. The molecule has 0 amide bonds. The van der Waals surface area contributed by atoms with E-state index in [-0.39, 0.29) is 5.69 Å². The van der Waals surface area contributed by atoms with E-state index in [9.17, 15) is 13.2 Å². The van der Waals surface area contributed by atoms with Crippen LogP contribution < -0.4 is 0 Å². The Kier molecular flexibility index (Phi) is 3.30. The van der Waals surface area contributed by atoms with Gasteiger partial charge in [0.15, 0.2) is 5.82 Å². The van der Waals surface area contributed by atoms with Crippen LogP contribution in [0, 0.1) is 20.8 Å². The van der Waals surface area contributed by atoms with Crippen LogP contribution in [0.4, 0.5) is 13.2 Å². The number of aryl methyl sites for hydroxylation is 2. The maximum Gasteiger partial charge on any atom is 0.419 e. The van der Waals surface area contributed by atoms with Gasteiger partial charge in [-0.2, -0.15) is 18.3 Å². The van der Waals surface area contributed by atoms with Gasteiger partial charge in [0, 0.05) is 0 Å². The van der Waals surface area contributed by atoms with Gasteiger partial charge in [-0.15, -0.1) is 0 Å². The van der Waals surface area contributed by atoms with Crippen molar-refractivity contribution in [1.82, 2.24) is 14.8 Å². The summed E-state index contributed by atoms with van der Waals surface area (Å²) >= 11 is 5.92. The van der Waals surface area contributed by atoms with Crippen molar-refractivity contribution in [3.8, 4) is 5.82 Å². The standard InChI is InChI=1S/C12H11ClF3N3/c1-6-4-10(13)7(2)18-11(6)19-8(3)9(5-17-19)12(14,15)16/h4-5H,1-3H3. The monoisotopic (exact) mass is 289 g/mol. The molecule has 0 atom stereocenters. The molecule has 0 aliphatic heterocycles. The van der Waals surface area contributed by atoms with Crippen molar-refractivity contribution in [2.45, 2.75) is 26.9 Å². The smallest absolute Gasteiger partial charge is 0.232 e. The minimum absolute atomic E-state index is 0.00447. The summed E-state index contributed by atoms with van der Waals surface area (Å²) in [5, 5.41) is 4.25. The zero-order valence-electron chi connectivity index (χ0n) is 10.5. The van der Waals surface area contributed by atoms with Gasteiger partial charge in [0.05, 0.1) is 28.2 Å². The van der Waals surface area contributed by atoms with E-state index in [0.29, 0.717) is 22.1 Å². The Bertz CT molecular complexity index is 632. The minimum atomic E-state index is -4.42. The van der Waals surface area contributed by atoms with Crippen molar-refractivity contribution in [3.63, 3.8) is 0 Å². The molecule has 0 fully saturated rings. The first-order valence-electron chi connectivity index (χ1n) is 5.47. The minimum Gasteiger partial charge on any atom is -0.232 e. The highest BCUT2D eigenvalue weighted by atomic mass is 35.5. The summed E-state index contributed by atoms with van der Waals surface area (Å²) in [7, 11) is 0. The number of rotatable bonds is 1. The average Bonchev–Trinajstić information content (AvgIpc) is 2.65. The van der Waals surface area contributed by atoms with Crippen molar-refractivity contribution in [2.24, 2.45) is 0 Å². The van der Waals surface area contributed by atoms with E-state index in [1.54, 1.807) is 19.9 Å². The van der Waals surface area contributed by atoms with E-state index in [1.807, 2.05) is 0 Å². The number of halogens is 4. The predicted octanol–water partition coefficient (Wildman–Crippen LogP) is 3.86. The molecule has 0 N–H and O–H groups in total. The molecule has 0 aliphatic rings. The number of aromatic nitrogens is 3. The van der Waals surface area contributed by atoms with E-state index in [4.69, 9.17) is 11.6 Å². The zero-order chi connectivity index (χ0) is 14.4. The van der Waals surface area contributed by atoms with Crippen molar-refractivity contribution in [3.05, 3.63) is 39.8 Å². The van der Waals surface area contributed by atoms with Crippen molar-refractivity contribution < 1.29 is 13.2 Å². The summed E-state index contributed by atoms with van der Waals surface area (Å²) in [5.41, 5.74) is 0.451. The second-order valence-electron chi connectivity index (χ2n) is 4.25. The molecule has 0 unspecified atom stereocenters. The zero-order valence-corrected chi connectivity index (χ0v) is 11.3. The van der Waals surface area contributed by atoms with E-state index >= 15 is 0 Å². The maximum absolute atomic E-state index is 12.7. The van der Waals surface area contributed by atoms with Gasteiger partial charge in [0.1, 0.15) is 0 Å². The first-order valence-corrected chi connectivity index (χ1v) is 5.85. The SMILES string of the molecule is Cc1cc(Cl)c(C)nc1-n1ncc(C(F)(F)F)c1C. The molecule has 3 nitrogen and oxygen atoms in total. The molecule has 2 aromatic heterocycles. The maximum atomic E-state index is 12.7. The van der Waals surface area contributed by atoms with Gasteiger partial charge in [0.2, 0.25) is 0 Å². The van der Waals surface area contributed by atoms with Crippen molar-refractivity contribution in [2.75, 3.05) is 0 Å². The molecule has 0 aromatic carbocycles. The number of pyridine rings is 1. The first kappa shape index (κ1) is 13.9. The molecule has 2 heterocycles. The van der Waals surface area contributed by atoms with Gasteiger partial charge < -0.3 is 0 Å². The summed E-state index contributed by atoms with van der Waals surface area (Å²) in [6, 6.07) is 1.66. The highest BCUT2D eigenvalue weighted by molar-refractivity contribution is 6.31. The summed E-state index contributed by atoms with van der Waals surface area (Å²) in [5.74, 6) is 0.356. The Morgan fingerprint density at radius 3 is 2.37 bits per heavy atom. The molecule has 0 saturated heterocycles. The largest absolute Gasteiger partial charge is 0.419 e. The normalized spacial score (nSPS) is 11.9. The molecule has 102 valence electrons. The van der Waals surface area contributed by atoms with Crippen LogP contribution in [0.25, 0.3) is 5.82 Å². The van der Waals surface area contributed by atoms with Crippen LogP contribution in [0.1, 0.15) is 22.5 Å². The Morgan fingerprint density at radius 2 is 1.84 bits per heavy atom. The number of alkyl halides is 3. The second-order valence-corrected chi connectivity index (χ2v) is 4.66. The second kappa shape index (κ2) is 4.52. The third kappa shape index (κ3) is 2.45. The topological polar surface area (TPSA) is 30.7 Å². The lowest BCUT2D eigenvalue weighted by Crippen LogP contribution is -2.09. The molecular formula is C12H11ClF3N3. The van der Waals surface area contributed by atoms with Gasteiger partial charge in [-0.05, 0) is 32.4 Å². The molecule has 2 rings (SSSR count). The lowest BCUT2D eigenvalue weighted by atomic mass is 10.2. The summed E-state index contributed by atoms with van der Waals surface area (Å²) in [6.45, 7) is 4.78. The summed E-state index contributed by atoms with van der Waals surface area (Å²) in [6.07, 6.45) is -3.61. The van der Waals surface area contributed by atoms with Gasteiger partial charge in [0.25, 0.3) is 0 Å². The van der Waals surface area contributed by atoms with Crippen LogP contribution in [-0.2, 0) is 6.18 Å². The quantitative estimate of drug-likeness (QED) is 0.798. The summed E-state index contributed by atoms with van der Waals surface area (Å²) < 4.78 is 39.4. The molecule has 0 radical (unpaired) electrons. The van der Waals surface area contributed by atoms with Crippen LogP contribution in [0.15, 0.2) is 12.3 Å². The van der Waals surface area contributed by atoms with Crippen LogP contribution in [0.3, 0.4) is 0 Å². The lowest BCUT2D eigenvalue weighted by molar-refractivity contribution is -0.138. The Hall–Kier alpha value is -1.56. The van der Waals surface area contributed by atoms with Crippen LogP contribution in [-0.4, -0.2) is 14.8 Å². The molecule has 0 spiro atoms. The third-order valence-electron chi connectivity index (χ3n) is 2.83. The van der Waals surface area contributed by atoms with E-state index in [1.165, 1.54) is 11.6 Å². The lowest BCUT2D eigenvalue weighted by Gasteiger charge is -2.10. The first-order chi connectivity index (χ1) is 8.71. The van der Waals surface area contributed by atoms with E-state index in [2.05, 4.69) is 10.1 Å². The molecule has 7 heteroatoms. The molecule has 0 saturated carbocycles. The number of hydrogen-bond acceptors (Lipinski definition) is 2. The Labute approximate surface area is 113 Å². The highest BCUT2D eigenvalue weighted by Gasteiger charge is 2.35. The summed E-state index contributed by atoms with van der Waals surface area (Å²) in [4.78, 5) is 4.20. The fraction of sp³-hybridized carbons (Fsp3) is 0.333.